The molecule has 2 aromatic carbocycles. The van der Waals surface area contributed by atoms with Crippen LogP contribution in [0.1, 0.15) is 0 Å². The molecule has 20 heavy (non-hydrogen) atoms. The summed E-state index contributed by atoms with van der Waals surface area (Å²) >= 11 is 11.7. The number of anilines is 2. The number of carbonyl (C=O) groups excluding carboxylic acids is 1. The van der Waals surface area contributed by atoms with Crippen molar-refractivity contribution in [2.75, 3.05) is 10.7 Å². The predicted octanol–water partition coefficient (Wildman–Crippen LogP) is 3.94. The van der Waals surface area contributed by atoms with E-state index in [2.05, 4.69) is 15.8 Å². The second-order valence-corrected chi connectivity index (χ2v) is 4.58. The second kappa shape index (κ2) is 6.93. The highest BCUT2D eigenvalue weighted by molar-refractivity contribution is 6.84. The Hall–Kier alpha value is -2.04. The average Bonchev–Trinajstić information content (AvgIpc) is 2.48. The summed E-state index contributed by atoms with van der Waals surface area (Å²) in [6.45, 7) is 0. The van der Waals surface area contributed by atoms with E-state index in [0.717, 1.165) is 5.69 Å². The first-order valence-electron chi connectivity index (χ1n) is 5.77. The highest BCUT2D eigenvalue weighted by atomic mass is 35.5. The minimum absolute atomic E-state index is 0.214. The third-order valence-corrected chi connectivity index (χ3v) is 2.95. The van der Waals surface area contributed by atoms with E-state index in [4.69, 9.17) is 23.2 Å². The Kier molecular flexibility index (Phi) is 4.98. The first kappa shape index (κ1) is 14.4. The normalized spacial score (nSPS) is 11.0. The fourth-order valence-corrected chi connectivity index (χ4v) is 1.69. The second-order valence-electron chi connectivity index (χ2n) is 3.81. The highest BCUT2D eigenvalue weighted by Crippen LogP contribution is 2.20. The molecule has 0 aromatic heterocycles. The molecule has 0 aliphatic carbocycles. The van der Waals surface area contributed by atoms with Crippen LogP contribution in [0.3, 0.4) is 0 Å². The molecule has 0 saturated carbocycles. The van der Waals surface area contributed by atoms with E-state index in [1.54, 1.807) is 36.4 Å². The molecule has 2 aromatic rings. The van der Waals surface area contributed by atoms with Crippen molar-refractivity contribution in [1.82, 2.24) is 0 Å². The van der Waals surface area contributed by atoms with Crippen molar-refractivity contribution in [2.24, 2.45) is 5.10 Å². The van der Waals surface area contributed by atoms with Crippen LogP contribution in [0.5, 0.6) is 0 Å². The van der Waals surface area contributed by atoms with Gasteiger partial charge in [0.1, 0.15) is 0 Å². The number of benzene rings is 2. The van der Waals surface area contributed by atoms with E-state index in [1.165, 1.54) is 0 Å². The lowest BCUT2D eigenvalue weighted by molar-refractivity contribution is -0.110. The zero-order valence-corrected chi connectivity index (χ0v) is 11.8. The van der Waals surface area contributed by atoms with Crippen LogP contribution in [-0.2, 0) is 4.79 Å². The number of nitrogens with one attached hydrogen (secondary N) is 2. The average molecular weight is 308 g/mol. The molecule has 0 heterocycles. The summed E-state index contributed by atoms with van der Waals surface area (Å²) in [5.41, 5.74) is 3.90. The Morgan fingerprint density at radius 3 is 2.35 bits per heavy atom. The summed E-state index contributed by atoms with van der Waals surface area (Å²) in [7, 11) is 0. The van der Waals surface area contributed by atoms with Crippen molar-refractivity contribution in [2.45, 2.75) is 0 Å². The smallest absolute Gasteiger partial charge is 0.287 e. The van der Waals surface area contributed by atoms with Gasteiger partial charge in [-0.05, 0) is 24.3 Å². The molecule has 102 valence electrons. The number of amides is 1. The number of para-hydroxylation sites is 2. The summed E-state index contributed by atoms with van der Waals surface area (Å²) in [5.74, 6) is -0.539. The zero-order chi connectivity index (χ0) is 14.4. The van der Waals surface area contributed by atoms with Gasteiger partial charge in [-0.2, -0.15) is 5.10 Å². The number of halogens is 2. The fraction of sp³-hybridized carbons (Fsp3) is 0. The van der Waals surface area contributed by atoms with E-state index in [1.807, 2.05) is 18.2 Å². The zero-order valence-electron chi connectivity index (χ0n) is 10.3. The molecule has 0 aliphatic rings. The lowest BCUT2D eigenvalue weighted by Gasteiger charge is -2.06. The van der Waals surface area contributed by atoms with Crippen molar-refractivity contribution in [3.63, 3.8) is 0 Å². The van der Waals surface area contributed by atoms with Crippen molar-refractivity contribution < 1.29 is 4.79 Å². The van der Waals surface area contributed by atoms with Gasteiger partial charge in [-0.15, -0.1) is 0 Å². The van der Waals surface area contributed by atoms with Gasteiger partial charge in [0.15, 0.2) is 0 Å². The Morgan fingerprint density at radius 2 is 1.65 bits per heavy atom. The molecule has 2 rings (SSSR count). The summed E-state index contributed by atoms with van der Waals surface area (Å²) in [6, 6.07) is 16.0. The summed E-state index contributed by atoms with van der Waals surface area (Å²) in [6.07, 6.45) is 0. The minimum atomic E-state index is -0.539. The molecular weight excluding hydrogens is 297 g/mol. The number of rotatable bonds is 4. The van der Waals surface area contributed by atoms with Crippen LogP contribution in [0.4, 0.5) is 11.4 Å². The first-order chi connectivity index (χ1) is 9.66. The SMILES string of the molecule is O=C(Nc1ccccc1Cl)C(Cl)=NNc1ccccc1. The Bertz CT molecular complexity index is 629. The maximum Gasteiger partial charge on any atom is 0.287 e. The molecule has 0 atom stereocenters. The van der Waals surface area contributed by atoms with Crippen LogP contribution >= 0.6 is 23.2 Å². The third-order valence-electron chi connectivity index (χ3n) is 2.37. The summed E-state index contributed by atoms with van der Waals surface area (Å²) < 4.78 is 0. The monoisotopic (exact) mass is 307 g/mol. The molecule has 0 unspecified atom stereocenters. The molecule has 6 heteroatoms. The lowest BCUT2D eigenvalue weighted by atomic mass is 10.3. The maximum absolute atomic E-state index is 11.8. The molecule has 4 nitrogen and oxygen atoms in total. The third kappa shape index (κ3) is 3.98. The predicted molar refractivity (Wildman–Crippen MR) is 83.4 cm³/mol. The molecule has 0 saturated heterocycles. The van der Waals surface area contributed by atoms with Gasteiger partial charge < -0.3 is 5.32 Å². The molecule has 2 N–H and O–H groups in total. The molecular formula is C14H11Cl2N3O. The highest BCUT2D eigenvalue weighted by Gasteiger charge is 2.10. The molecule has 0 spiro atoms. The Morgan fingerprint density at radius 1 is 1.00 bits per heavy atom. The topological polar surface area (TPSA) is 53.5 Å². The van der Waals surface area contributed by atoms with Gasteiger partial charge in [0, 0.05) is 0 Å². The van der Waals surface area contributed by atoms with Crippen molar-refractivity contribution in [3.05, 3.63) is 59.6 Å². The molecule has 0 fully saturated rings. The molecule has 0 bridgehead atoms. The quantitative estimate of drug-likeness (QED) is 0.664. The van der Waals surface area contributed by atoms with Crippen LogP contribution in [-0.4, -0.2) is 11.1 Å². The first-order valence-corrected chi connectivity index (χ1v) is 6.52. The standard InChI is InChI=1S/C14H11Cl2N3O/c15-11-8-4-5-9-12(11)17-14(20)13(16)19-18-10-6-2-1-3-7-10/h1-9,18H,(H,17,20). The minimum Gasteiger partial charge on any atom is -0.318 e. The number of nitrogens with zero attached hydrogens (tertiary/aromatic N) is 1. The van der Waals surface area contributed by atoms with E-state index in [0.29, 0.717) is 10.7 Å². The van der Waals surface area contributed by atoms with Crippen LogP contribution in [0.15, 0.2) is 59.7 Å². The van der Waals surface area contributed by atoms with Crippen LogP contribution in [0, 0.1) is 0 Å². The van der Waals surface area contributed by atoms with Crippen LogP contribution < -0.4 is 10.7 Å². The van der Waals surface area contributed by atoms with Gasteiger partial charge in [0.25, 0.3) is 5.91 Å². The van der Waals surface area contributed by atoms with E-state index >= 15 is 0 Å². The van der Waals surface area contributed by atoms with E-state index in [9.17, 15) is 4.79 Å². The van der Waals surface area contributed by atoms with Crippen molar-refractivity contribution in [3.8, 4) is 0 Å². The molecule has 0 aliphatic heterocycles. The summed E-state index contributed by atoms with van der Waals surface area (Å²) in [5, 5.41) is 6.59. The van der Waals surface area contributed by atoms with Crippen LogP contribution in [0.25, 0.3) is 0 Å². The van der Waals surface area contributed by atoms with Crippen LogP contribution in [0.2, 0.25) is 5.02 Å². The van der Waals surface area contributed by atoms with E-state index < -0.39 is 5.91 Å². The van der Waals surface area contributed by atoms with Gasteiger partial charge in [0.2, 0.25) is 5.17 Å². The number of hydrogen-bond acceptors (Lipinski definition) is 3. The van der Waals surface area contributed by atoms with Gasteiger partial charge >= 0.3 is 0 Å². The maximum atomic E-state index is 11.8. The Labute approximate surface area is 126 Å². The number of hydrazone groups is 1. The van der Waals surface area contributed by atoms with Gasteiger partial charge in [-0.25, -0.2) is 0 Å². The van der Waals surface area contributed by atoms with Gasteiger partial charge in [-0.1, -0.05) is 53.5 Å². The number of carbonyl (C=O) groups is 1. The Balaban J connectivity index is 2.00. The largest absolute Gasteiger partial charge is 0.318 e. The van der Waals surface area contributed by atoms with Crippen molar-refractivity contribution >= 4 is 45.7 Å². The lowest BCUT2D eigenvalue weighted by Crippen LogP contribution is -2.19. The van der Waals surface area contributed by atoms with E-state index in [-0.39, 0.29) is 5.17 Å². The van der Waals surface area contributed by atoms with Gasteiger partial charge in [0.05, 0.1) is 16.4 Å². The van der Waals surface area contributed by atoms with Gasteiger partial charge in [-0.3, -0.25) is 10.2 Å². The number of hydrogen-bond donors (Lipinski definition) is 2. The summed E-state index contributed by atoms with van der Waals surface area (Å²) in [4.78, 5) is 11.8. The molecule has 0 radical (unpaired) electrons. The molecule has 1 amide bonds. The fourth-order valence-electron chi connectivity index (χ4n) is 1.41. The van der Waals surface area contributed by atoms with Crippen molar-refractivity contribution in [1.29, 1.82) is 0 Å².